The Kier molecular flexibility index (Phi) is 7.28. The summed E-state index contributed by atoms with van der Waals surface area (Å²) in [7, 11) is 3.09. The molecule has 0 aromatic rings. The Morgan fingerprint density at radius 1 is 1.22 bits per heavy atom. The molecule has 0 unspecified atom stereocenters. The molecular weight excluding hydrogens is 284 g/mol. The zero-order valence-electron chi connectivity index (χ0n) is 15.1. The fraction of sp³-hybridized carbons (Fsp3) is 0.429. The van der Waals surface area contributed by atoms with Crippen LogP contribution in [0.3, 0.4) is 0 Å². The lowest BCUT2D eigenvalue weighted by molar-refractivity contribution is -0.132. The summed E-state index contributed by atoms with van der Waals surface area (Å²) in [6, 6.07) is 0. The molecule has 0 N–H and O–H groups in total. The summed E-state index contributed by atoms with van der Waals surface area (Å²) in [4.78, 5) is 11.1. The van der Waals surface area contributed by atoms with Gasteiger partial charge in [-0.15, -0.1) is 0 Å². The van der Waals surface area contributed by atoms with Crippen LogP contribution in [0.15, 0.2) is 58.7 Å². The second-order valence-corrected chi connectivity index (χ2v) is 6.89. The minimum atomic E-state index is -0.435. The molecule has 0 atom stereocenters. The van der Waals surface area contributed by atoms with Crippen molar-refractivity contribution in [2.45, 2.75) is 53.9 Å². The fourth-order valence-electron chi connectivity index (χ4n) is 2.91. The zero-order chi connectivity index (χ0) is 17.5. The third-order valence-corrected chi connectivity index (χ3v) is 4.26. The van der Waals surface area contributed by atoms with E-state index in [4.69, 9.17) is 0 Å². The van der Waals surface area contributed by atoms with Crippen LogP contribution in [-0.2, 0) is 9.53 Å². The van der Waals surface area contributed by atoms with Crippen molar-refractivity contribution in [3.05, 3.63) is 65.9 Å². The molecule has 1 radical (unpaired) electrons. The van der Waals surface area contributed by atoms with E-state index < -0.39 is 5.97 Å². The first-order valence-electron chi connectivity index (χ1n) is 8.14. The molecule has 0 bridgehead atoms. The van der Waals surface area contributed by atoms with Gasteiger partial charge in [0.15, 0.2) is 0 Å². The summed E-state index contributed by atoms with van der Waals surface area (Å²) in [6.07, 6.45) is 15.4. The van der Waals surface area contributed by atoms with Crippen LogP contribution >= 0.6 is 0 Å². The van der Waals surface area contributed by atoms with Crippen LogP contribution in [0.4, 0.5) is 0 Å². The van der Waals surface area contributed by atoms with E-state index in [0.717, 1.165) is 5.57 Å². The highest BCUT2D eigenvalue weighted by Gasteiger charge is 2.26. The molecule has 0 heterocycles. The van der Waals surface area contributed by atoms with Crippen LogP contribution in [0.1, 0.15) is 53.9 Å². The van der Waals surface area contributed by atoms with Gasteiger partial charge >= 0.3 is 5.97 Å². The Hall–Kier alpha value is -1.83. The first kappa shape index (κ1) is 19.2. The Morgan fingerprint density at radius 2 is 1.91 bits per heavy atom. The predicted molar refractivity (Wildman–Crippen MR) is 97.6 cm³/mol. The highest BCUT2D eigenvalue weighted by molar-refractivity contribution is 5.83. The molecule has 0 spiro atoms. The van der Waals surface area contributed by atoms with E-state index in [1.807, 2.05) is 25.2 Å². The summed E-state index contributed by atoms with van der Waals surface area (Å²) >= 11 is 0. The van der Waals surface area contributed by atoms with Gasteiger partial charge < -0.3 is 4.74 Å². The molecule has 1 aliphatic rings. The molecule has 0 fully saturated rings. The van der Waals surface area contributed by atoms with Gasteiger partial charge in [-0.2, -0.15) is 0 Å². The lowest BCUT2D eigenvalue weighted by atomic mass is 9.72. The van der Waals surface area contributed by atoms with Crippen molar-refractivity contribution in [3.63, 3.8) is 0 Å². The molecule has 0 aliphatic heterocycles. The van der Waals surface area contributed by atoms with Crippen LogP contribution in [0, 0.1) is 12.5 Å². The smallest absolute Gasteiger partial charge is 0.331 e. The van der Waals surface area contributed by atoms with Gasteiger partial charge in [-0.05, 0) is 56.6 Å². The van der Waals surface area contributed by atoms with Crippen LogP contribution < -0.4 is 0 Å². The highest BCUT2D eigenvalue weighted by atomic mass is 16.5. The minimum Gasteiger partial charge on any atom is -0.459 e. The Balaban J connectivity index is 2.77. The third kappa shape index (κ3) is 6.43. The summed E-state index contributed by atoms with van der Waals surface area (Å²) < 4.78 is 4.35. The number of carbonyl (C=O) groups is 1. The first-order chi connectivity index (χ1) is 10.8. The molecule has 0 saturated heterocycles. The molecule has 125 valence electrons. The van der Waals surface area contributed by atoms with Gasteiger partial charge in [0.1, 0.15) is 7.11 Å². The van der Waals surface area contributed by atoms with Gasteiger partial charge in [0.05, 0.1) is 0 Å². The number of ether oxygens (including phenoxy) is 1. The Labute approximate surface area is 141 Å². The number of rotatable bonds is 5. The van der Waals surface area contributed by atoms with Gasteiger partial charge in [-0.3, -0.25) is 0 Å². The van der Waals surface area contributed by atoms with Crippen molar-refractivity contribution in [1.29, 1.82) is 0 Å². The number of carbonyl (C=O) groups excluding carboxylic acids is 1. The highest BCUT2D eigenvalue weighted by Crippen LogP contribution is 2.40. The lowest BCUT2D eigenvalue weighted by Gasteiger charge is -2.32. The molecule has 2 nitrogen and oxygen atoms in total. The summed E-state index contributed by atoms with van der Waals surface area (Å²) in [5.41, 5.74) is 5.25. The third-order valence-electron chi connectivity index (χ3n) is 4.26. The Morgan fingerprint density at radius 3 is 2.52 bits per heavy atom. The monoisotopic (exact) mass is 313 g/mol. The normalized spacial score (nSPS) is 19.7. The van der Waals surface area contributed by atoms with Crippen molar-refractivity contribution in [1.82, 2.24) is 0 Å². The maximum absolute atomic E-state index is 11.1. The van der Waals surface area contributed by atoms with Gasteiger partial charge in [-0.1, -0.05) is 55.4 Å². The van der Waals surface area contributed by atoms with Gasteiger partial charge in [0.25, 0.3) is 0 Å². The van der Waals surface area contributed by atoms with E-state index in [1.54, 1.807) is 0 Å². The van der Waals surface area contributed by atoms with Gasteiger partial charge in [0, 0.05) is 6.08 Å². The topological polar surface area (TPSA) is 26.3 Å². The quantitative estimate of drug-likeness (QED) is 0.361. The molecule has 0 aromatic heterocycles. The van der Waals surface area contributed by atoms with Crippen LogP contribution in [0.5, 0.6) is 0 Å². The second-order valence-electron chi connectivity index (χ2n) is 6.89. The van der Waals surface area contributed by atoms with Crippen LogP contribution in [0.25, 0.3) is 0 Å². The van der Waals surface area contributed by atoms with E-state index in [1.165, 1.54) is 42.1 Å². The Bertz CT molecular complexity index is 581. The average molecular weight is 313 g/mol. The van der Waals surface area contributed by atoms with Crippen LogP contribution in [0.2, 0.25) is 0 Å². The van der Waals surface area contributed by atoms with E-state index in [-0.39, 0.29) is 5.41 Å². The average Bonchev–Trinajstić information content (AvgIpc) is 2.45. The minimum absolute atomic E-state index is 0.267. The van der Waals surface area contributed by atoms with Gasteiger partial charge in [-0.25, -0.2) is 4.79 Å². The maximum atomic E-state index is 11.1. The van der Waals surface area contributed by atoms with Crippen molar-refractivity contribution >= 4 is 5.97 Å². The van der Waals surface area contributed by atoms with E-state index in [9.17, 15) is 4.79 Å². The first-order valence-corrected chi connectivity index (χ1v) is 8.14. The summed E-state index contributed by atoms with van der Waals surface area (Å²) in [6.45, 7) is 10.8. The van der Waals surface area contributed by atoms with E-state index in [2.05, 4.69) is 51.7 Å². The van der Waals surface area contributed by atoms with Crippen LogP contribution in [-0.4, -0.2) is 5.97 Å². The summed E-state index contributed by atoms with van der Waals surface area (Å²) in [5, 5.41) is 0. The van der Waals surface area contributed by atoms with Crippen molar-refractivity contribution in [2.24, 2.45) is 5.41 Å². The molecule has 1 rings (SSSR count). The second kappa shape index (κ2) is 8.71. The van der Waals surface area contributed by atoms with Gasteiger partial charge in [0.2, 0.25) is 0 Å². The maximum Gasteiger partial charge on any atom is 0.331 e. The standard InChI is InChI=1S/C21H29O2/c1-16(9-7-10-17(2)15-20(22)23-6)12-13-19-18(3)11-8-14-21(19,4)5/h7,9-10,12-13,15H,6,8,11,14H2,1-5H3/b10-7+,13-12+,16-9+,17-15+. The molecule has 0 saturated carbocycles. The molecule has 0 aromatic carbocycles. The van der Waals surface area contributed by atoms with E-state index in [0.29, 0.717) is 0 Å². The van der Waals surface area contributed by atoms with Crippen molar-refractivity contribution < 1.29 is 9.53 Å². The number of allylic oxidation sites excluding steroid dienone is 9. The van der Waals surface area contributed by atoms with Crippen molar-refractivity contribution in [2.75, 3.05) is 0 Å². The molecule has 2 heteroatoms. The lowest BCUT2D eigenvalue weighted by Crippen LogP contribution is -2.19. The zero-order valence-corrected chi connectivity index (χ0v) is 15.1. The SMILES string of the molecule is [CH2]OC(=O)/C=C(C)/C=C/C=C(C)/C=C/C1=C(C)CCCC1(C)C. The number of esters is 1. The van der Waals surface area contributed by atoms with E-state index >= 15 is 0 Å². The fourth-order valence-corrected chi connectivity index (χ4v) is 2.91. The largest absolute Gasteiger partial charge is 0.459 e. The number of hydrogen-bond acceptors (Lipinski definition) is 2. The van der Waals surface area contributed by atoms with Crippen molar-refractivity contribution in [3.8, 4) is 0 Å². The molecular formula is C21H29O2. The predicted octanol–water partition coefficient (Wildman–Crippen LogP) is 5.85. The summed E-state index contributed by atoms with van der Waals surface area (Å²) in [5.74, 6) is -0.435. The molecule has 1 aliphatic carbocycles. The molecule has 23 heavy (non-hydrogen) atoms. The molecule has 0 amide bonds. The number of hydrogen-bond donors (Lipinski definition) is 0.